The van der Waals surface area contributed by atoms with Crippen molar-refractivity contribution >= 4 is 17.7 Å². The minimum Gasteiger partial charge on any atom is -0.478 e. The van der Waals surface area contributed by atoms with E-state index in [1.807, 2.05) is 43.3 Å². The van der Waals surface area contributed by atoms with Gasteiger partial charge >= 0.3 is 12.0 Å². The molecule has 2 N–H and O–H groups in total. The molecule has 0 fully saturated rings. The van der Waals surface area contributed by atoms with Gasteiger partial charge in [0, 0.05) is 39.9 Å². The average Bonchev–Trinajstić information content (AvgIpc) is 2.60. The molecule has 25 heavy (non-hydrogen) atoms. The van der Waals surface area contributed by atoms with Gasteiger partial charge in [0.05, 0.1) is 5.56 Å². The van der Waals surface area contributed by atoms with Crippen molar-refractivity contribution in [2.45, 2.75) is 13.1 Å². The fourth-order valence-corrected chi connectivity index (χ4v) is 2.49. The SMILES string of the molecule is CN(Cc1ccccc1N(C)C)C(=O)NCc1ccc(C(=O)O)cc1. The van der Waals surface area contributed by atoms with Crippen LogP contribution in [0.5, 0.6) is 0 Å². The van der Waals surface area contributed by atoms with E-state index < -0.39 is 5.97 Å². The monoisotopic (exact) mass is 341 g/mol. The Hall–Kier alpha value is -3.02. The molecule has 2 amide bonds. The van der Waals surface area contributed by atoms with E-state index in [0.717, 1.165) is 16.8 Å². The molecule has 0 atom stereocenters. The number of hydrogen-bond donors (Lipinski definition) is 2. The molecule has 0 heterocycles. The number of amides is 2. The van der Waals surface area contributed by atoms with Crippen molar-refractivity contribution in [3.05, 3.63) is 65.2 Å². The second kappa shape index (κ2) is 8.19. The number of hydrogen-bond acceptors (Lipinski definition) is 3. The maximum atomic E-state index is 12.3. The van der Waals surface area contributed by atoms with E-state index in [1.165, 1.54) is 12.1 Å². The molecule has 0 radical (unpaired) electrons. The van der Waals surface area contributed by atoms with Gasteiger partial charge in [-0.15, -0.1) is 0 Å². The molecule has 0 aromatic heterocycles. The number of carbonyl (C=O) groups is 2. The third kappa shape index (κ3) is 4.97. The lowest BCUT2D eigenvalue weighted by Crippen LogP contribution is -2.36. The Labute approximate surface area is 147 Å². The van der Waals surface area contributed by atoms with Crippen molar-refractivity contribution in [1.29, 1.82) is 0 Å². The van der Waals surface area contributed by atoms with Crippen LogP contribution in [0, 0.1) is 0 Å². The van der Waals surface area contributed by atoms with Crippen molar-refractivity contribution in [2.75, 3.05) is 26.0 Å². The molecule has 2 rings (SSSR count). The summed E-state index contributed by atoms with van der Waals surface area (Å²) in [6, 6.07) is 14.2. The van der Waals surface area contributed by atoms with Crippen LogP contribution in [0.3, 0.4) is 0 Å². The van der Waals surface area contributed by atoms with Gasteiger partial charge < -0.3 is 20.2 Å². The molecule has 0 saturated carbocycles. The lowest BCUT2D eigenvalue weighted by Gasteiger charge is -2.22. The number of carbonyl (C=O) groups excluding carboxylic acids is 1. The predicted molar refractivity (Wildman–Crippen MR) is 97.9 cm³/mol. The largest absolute Gasteiger partial charge is 0.478 e. The number of nitrogens with one attached hydrogen (secondary N) is 1. The molecular formula is C19H23N3O3. The minimum atomic E-state index is -0.963. The smallest absolute Gasteiger partial charge is 0.335 e. The highest BCUT2D eigenvalue weighted by molar-refractivity contribution is 5.87. The molecule has 0 aliphatic rings. The number of urea groups is 1. The molecule has 0 aliphatic heterocycles. The Morgan fingerprint density at radius 1 is 1.00 bits per heavy atom. The molecule has 0 unspecified atom stereocenters. The summed E-state index contributed by atoms with van der Waals surface area (Å²) in [6.07, 6.45) is 0. The van der Waals surface area contributed by atoms with Crippen LogP contribution in [-0.4, -0.2) is 43.1 Å². The normalized spacial score (nSPS) is 10.2. The van der Waals surface area contributed by atoms with Gasteiger partial charge in [-0.05, 0) is 29.3 Å². The number of carboxylic acid groups (broad SMARTS) is 1. The molecular weight excluding hydrogens is 318 g/mol. The summed E-state index contributed by atoms with van der Waals surface area (Å²) in [5.74, 6) is -0.963. The fraction of sp³-hybridized carbons (Fsp3) is 0.263. The van der Waals surface area contributed by atoms with Gasteiger partial charge in [0.1, 0.15) is 0 Å². The van der Waals surface area contributed by atoms with Crippen LogP contribution < -0.4 is 10.2 Å². The first kappa shape index (κ1) is 18.3. The van der Waals surface area contributed by atoms with Crippen molar-refractivity contribution in [3.63, 3.8) is 0 Å². The third-order valence-electron chi connectivity index (χ3n) is 3.87. The standard InChI is InChI=1S/C19H23N3O3/c1-21(2)17-7-5-4-6-16(17)13-22(3)19(25)20-12-14-8-10-15(11-9-14)18(23)24/h4-11H,12-13H2,1-3H3,(H,20,25)(H,23,24). The molecule has 132 valence electrons. The molecule has 0 spiro atoms. The van der Waals surface area contributed by atoms with Crippen LogP contribution in [0.4, 0.5) is 10.5 Å². The Kier molecular flexibility index (Phi) is 6.00. The number of benzene rings is 2. The average molecular weight is 341 g/mol. The summed E-state index contributed by atoms with van der Waals surface area (Å²) in [4.78, 5) is 26.8. The van der Waals surface area contributed by atoms with Crippen LogP contribution in [0.25, 0.3) is 0 Å². The molecule has 0 saturated heterocycles. The van der Waals surface area contributed by atoms with E-state index in [0.29, 0.717) is 13.1 Å². The summed E-state index contributed by atoms with van der Waals surface area (Å²) in [7, 11) is 5.69. The second-order valence-corrected chi connectivity index (χ2v) is 6.04. The first-order valence-electron chi connectivity index (χ1n) is 7.95. The molecule has 6 heteroatoms. The van der Waals surface area contributed by atoms with E-state index in [-0.39, 0.29) is 11.6 Å². The minimum absolute atomic E-state index is 0.184. The van der Waals surface area contributed by atoms with E-state index >= 15 is 0 Å². The molecule has 0 bridgehead atoms. The van der Waals surface area contributed by atoms with Gasteiger partial charge in [0.15, 0.2) is 0 Å². The number of rotatable bonds is 6. The predicted octanol–water partition coefficient (Wildman–Crippen LogP) is 2.79. The maximum Gasteiger partial charge on any atom is 0.335 e. The zero-order valence-corrected chi connectivity index (χ0v) is 14.7. The molecule has 0 aliphatic carbocycles. The van der Waals surface area contributed by atoms with Crippen LogP contribution >= 0.6 is 0 Å². The van der Waals surface area contributed by atoms with Gasteiger partial charge in [0.25, 0.3) is 0 Å². The van der Waals surface area contributed by atoms with Gasteiger partial charge in [-0.2, -0.15) is 0 Å². The van der Waals surface area contributed by atoms with Gasteiger partial charge in [-0.1, -0.05) is 30.3 Å². The maximum absolute atomic E-state index is 12.3. The summed E-state index contributed by atoms with van der Waals surface area (Å²) in [5, 5.41) is 11.7. The zero-order chi connectivity index (χ0) is 18.4. The topological polar surface area (TPSA) is 72.9 Å². The van der Waals surface area contributed by atoms with Gasteiger partial charge in [-0.25, -0.2) is 9.59 Å². The number of para-hydroxylation sites is 1. The number of aromatic carboxylic acids is 1. The van der Waals surface area contributed by atoms with Gasteiger partial charge in [0.2, 0.25) is 0 Å². The quantitative estimate of drug-likeness (QED) is 0.847. The first-order valence-corrected chi connectivity index (χ1v) is 7.95. The Balaban J connectivity index is 1.93. The fourth-order valence-electron chi connectivity index (χ4n) is 2.49. The molecule has 6 nitrogen and oxygen atoms in total. The Morgan fingerprint density at radius 3 is 2.24 bits per heavy atom. The number of carboxylic acids is 1. The highest BCUT2D eigenvalue weighted by Gasteiger charge is 2.12. The number of nitrogens with zero attached hydrogens (tertiary/aromatic N) is 2. The van der Waals surface area contributed by atoms with E-state index in [1.54, 1.807) is 24.1 Å². The molecule has 2 aromatic rings. The second-order valence-electron chi connectivity index (χ2n) is 6.04. The van der Waals surface area contributed by atoms with E-state index in [4.69, 9.17) is 5.11 Å². The van der Waals surface area contributed by atoms with Crippen molar-refractivity contribution < 1.29 is 14.7 Å². The van der Waals surface area contributed by atoms with Crippen LogP contribution in [0.1, 0.15) is 21.5 Å². The van der Waals surface area contributed by atoms with Crippen molar-refractivity contribution in [1.82, 2.24) is 10.2 Å². The number of anilines is 1. The molecule has 2 aromatic carbocycles. The lowest BCUT2D eigenvalue weighted by molar-refractivity contribution is 0.0697. The highest BCUT2D eigenvalue weighted by atomic mass is 16.4. The van der Waals surface area contributed by atoms with Gasteiger partial charge in [-0.3, -0.25) is 0 Å². The first-order chi connectivity index (χ1) is 11.9. The van der Waals surface area contributed by atoms with E-state index in [2.05, 4.69) is 5.32 Å². The summed E-state index contributed by atoms with van der Waals surface area (Å²) in [6.45, 7) is 0.844. The van der Waals surface area contributed by atoms with Crippen LogP contribution in [0.15, 0.2) is 48.5 Å². The summed E-state index contributed by atoms with van der Waals surface area (Å²) in [5.41, 5.74) is 3.22. The third-order valence-corrected chi connectivity index (χ3v) is 3.87. The van der Waals surface area contributed by atoms with Crippen molar-refractivity contribution in [2.24, 2.45) is 0 Å². The Morgan fingerprint density at radius 2 is 1.64 bits per heavy atom. The highest BCUT2D eigenvalue weighted by Crippen LogP contribution is 2.19. The summed E-state index contributed by atoms with van der Waals surface area (Å²) >= 11 is 0. The van der Waals surface area contributed by atoms with E-state index in [9.17, 15) is 9.59 Å². The summed E-state index contributed by atoms with van der Waals surface area (Å²) < 4.78 is 0. The van der Waals surface area contributed by atoms with Crippen LogP contribution in [-0.2, 0) is 13.1 Å². The lowest BCUT2D eigenvalue weighted by atomic mass is 10.1. The Bertz CT molecular complexity index is 742. The van der Waals surface area contributed by atoms with Crippen molar-refractivity contribution in [3.8, 4) is 0 Å². The van der Waals surface area contributed by atoms with Crippen LogP contribution in [0.2, 0.25) is 0 Å². The zero-order valence-electron chi connectivity index (χ0n) is 14.7.